The number of aromatic amines is 1. The molecule has 4 rings (SSSR count). The van der Waals surface area contributed by atoms with E-state index in [2.05, 4.69) is 49.4 Å². The van der Waals surface area contributed by atoms with Crippen LogP contribution in [0.3, 0.4) is 0 Å². The Kier molecular flexibility index (Phi) is 8.40. The van der Waals surface area contributed by atoms with Crippen molar-refractivity contribution in [1.29, 1.82) is 0 Å². The molecular weight excluding hydrogens is 414 g/mol. The second-order valence-corrected chi connectivity index (χ2v) is 7.78. The van der Waals surface area contributed by atoms with Crippen LogP contribution in [0.1, 0.15) is 41.6 Å². The number of amides is 1. The predicted molar refractivity (Wildman–Crippen MR) is 125 cm³/mol. The van der Waals surface area contributed by atoms with E-state index in [9.17, 15) is 4.79 Å². The van der Waals surface area contributed by atoms with Gasteiger partial charge in [-0.15, -0.1) is 12.4 Å². The van der Waals surface area contributed by atoms with Crippen LogP contribution in [0, 0.1) is 0 Å². The van der Waals surface area contributed by atoms with Crippen molar-refractivity contribution >= 4 is 29.5 Å². The number of aromatic nitrogens is 3. The predicted octanol–water partition coefficient (Wildman–Crippen LogP) is 3.80. The van der Waals surface area contributed by atoms with Gasteiger partial charge in [-0.2, -0.15) is 0 Å². The number of piperidine rings is 1. The molecule has 0 unspecified atom stereocenters. The van der Waals surface area contributed by atoms with E-state index in [4.69, 9.17) is 4.74 Å². The summed E-state index contributed by atoms with van der Waals surface area (Å²) < 4.78 is 5.02. The van der Waals surface area contributed by atoms with E-state index in [1.165, 1.54) is 37.9 Å². The maximum Gasteiger partial charge on any atom is 0.253 e. The van der Waals surface area contributed by atoms with Crippen molar-refractivity contribution in [3.63, 3.8) is 0 Å². The van der Waals surface area contributed by atoms with E-state index < -0.39 is 0 Å². The number of methoxy groups -OCH3 is 1. The van der Waals surface area contributed by atoms with Crippen molar-refractivity contribution in [2.75, 3.05) is 33.4 Å². The monoisotopic (exact) mass is 443 g/mol. The van der Waals surface area contributed by atoms with Gasteiger partial charge in [0.25, 0.3) is 5.91 Å². The van der Waals surface area contributed by atoms with Crippen LogP contribution in [0.2, 0.25) is 0 Å². The summed E-state index contributed by atoms with van der Waals surface area (Å²) in [6.45, 7) is 4.56. The Morgan fingerprint density at radius 1 is 1.16 bits per heavy atom. The lowest BCUT2D eigenvalue weighted by Crippen LogP contribution is -2.28. The smallest absolute Gasteiger partial charge is 0.253 e. The lowest BCUT2D eigenvalue weighted by Gasteiger charge is -2.26. The summed E-state index contributed by atoms with van der Waals surface area (Å²) >= 11 is 0. The Morgan fingerprint density at radius 3 is 2.68 bits per heavy atom. The molecule has 1 fully saturated rings. The summed E-state index contributed by atoms with van der Waals surface area (Å²) in [7, 11) is 1.65. The summed E-state index contributed by atoms with van der Waals surface area (Å²) in [6.07, 6.45) is 6.34. The first-order chi connectivity index (χ1) is 14.7. The summed E-state index contributed by atoms with van der Waals surface area (Å²) in [4.78, 5) is 27.3. The molecule has 1 aliphatic rings. The fourth-order valence-corrected chi connectivity index (χ4v) is 3.89. The summed E-state index contributed by atoms with van der Waals surface area (Å²) in [5, 5.41) is 2.92. The topological polar surface area (TPSA) is 83.1 Å². The van der Waals surface area contributed by atoms with Gasteiger partial charge in [-0.1, -0.05) is 30.7 Å². The number of carbonyl (C=O) groups is 1. The zero-order chi connectivity index (χ0) is 20.8. The SMILES string of the molecule is COCCCNC(=O)c1ccnc2nc(-c3ccc(CN4CCCCC4)cc3)[nH]c12.Cl. The zero-order valence-corrected chi connectivity index (χ0v) is 18.7. The molecule has 166 valence electrons. The Hall–Kier alpha value is -2.48. The largest absolute Gasteiger partial charge is 0.385 e. The second-order valence-electron chi connectivity index (χ2n) is 7.78. The molecule has 1 aliphatic heterocycles. The molecule has 0 spiro atoms. The first kappa shape index (κ1) is 23.2. The van der Waals surface area contributed by atoms with Crippen molar-refractivity contribution < 1.29 is 9.53 Å². The van der Waals surface area contributed by atoms with Crippen molar-refractivity contribution in [3.05, 3.63) is 47.7 Å². The number of carbonyl (C=O) groups excluding carboxylic acids is 1. The number of nitrogens with one attached hydrogen (secondary N) is 2. The van der Waals surface area contributed by atoms with Gasteiger partial charge in [-0.3, -0.25) is 9.69 Å². The van der Waals surface area contributed by atoms with Gasteiger partial charge >= 0.3 is 0 Å². The van der Waals surface area contributed by atoms with Gasteiger partial charge in [-0.25, -0.2) is 9.97 Å². The van der Waals surface area contributed by atoms with E-state index in [0.717, 1.165) is 24.4 Å². The zero-order valence-electron chi connectivity index (χ0n) is 17.9. The molecule has 2 N–H and O–H groups in total. The number of imidazole rings is 1. The second kappa shape index (κ2) is 11.2. The molecule has 3 heterocycles. The van der Waals surface area contributed by atoms with Crippen LogP contribution in [0.25, 0.3) is 22.6 Å². The fourth-order valence-electron chi connectivity index (χ4n) is 3.89. The highest BCUT2D eigenvalue weighted by atomic mass is 35.5. The van der Waals surface area contributed by atoms with Crippen molar-refractivity contribution in [2.24, 2.45) is 0 Å². The summed E-state index contributed by atoms with van der Waals surface area (Å²) in [5.74, 6) is 0.590. The maximum atomic E-state index is 12.6. The van der Waals surface area contributed by atoms with E-state index >= 15 is 0 Å². The van der Waals surface area contributed by atoms with Crippen molar-refractivity contribution in [2.45, 2.75) is 32.2 Å². The van der Waals surface area contributed by atoms with Crippen molar-refractivity contribution in [3.8, 4) is 11.4 Å². The number of H-pyrrole nitrogens is 1. The number of hydrogen-bond acceptors (Lipinski definition) is 5. The summed E-state index contributed by atoms with van der Waals surface area (Å²) in [6, 6.07) is 10.2. The van der Waals surface area contributed by atoms with Gasteiger partial charge in [-0.05, 0) is 44.0 Å². The minimum Gasteiger partial charge on any atom is -0.385 e. The highest BCUT2D eigenvalue weighted by Gasteiger charge is 2.15. The number of rotatable bonds is 8. The highest BCUT2D eigenvalue weighted by Crippen LogP contribution is 2.23. The Morgan fingerprint density at radius 2 is 1.94 bits per heavy atom. The van der Waals surface area contributed by atoms with Crippen LogP contribution in [-0.4, -0.2) is 59.1 Å². The third-order valence-corrected chi connectivity index (χ3v) is 5.53. The van der Waals surface area contributed by atoms with Crippen LogP contribution < -0.4 is 5.32 Å². The third kappa shape index (κ3) is 5.81. The van der Waals surface area contributed by atoms with Crippen molar-refractivity contribution in [1.82, 2.24) is 25.2 Å². The molecule has 8 heteroatoms. The van der Waals surface area contributed by atoms with E-state index in [1.54, 1.807) is 19.4 Å². The first-order valence-electron chi connectivity index (χ1n) is 10.7. The first-order valence-corrected chi connectivity index (χ1v) is 10.7. The summed E-state index contributed by atoms with van der Waals surface area (Å²) in [5.41, 5.74) is 4.06. The molecule has 2 aromatic heterocycles. The molecule has 0 bridgehead atoms. The van der Waals surface area contributed by atoms with Gasteiger partial charge in [0, 0.05) is 38.6 Å². The number of fused-ring (bicyclic) bond motifs is 1. The molecule has 1 saturated heterocycles. The van der Waals surface area contributed by atoms with E-state index in [0.29, 0.717) is 29.9 Å². The number of halogens is 1. The normalized spacial score (nSPS) is 14.4. The van der Waals surface area contributed by atoms with Crippen LogP contribution in [0.4, 0.5) is 0 Å². The lowest BCUT2D eigenvalue weighted by molar-refractivity contribution is 0.0950. The van der Waals surface area contributed by atoms with E-state index in [-0.39, 0.29) is 18.3 Å². The number of hydrogen-bond donors (Lipinski definition) is 2. The fraction of sp³-hybridized carbons (Fsp3) is 0.435. The average molecular weight is 444 g/mol. The number of ether oxygens (including phenoxy) is 1. The van der Waals surface area contributed by atoms with Crippen LogP contribution in [0.15, 0.2) is 36.5 Å². The molecule has 7 nitrogen and oxygen atoms in total. The molecule has 1 aromatic carbocycles. The van der Waals surface area contributed by atoms with Gasteiger partial charge in [0.2, 0.25) is 0 Å². The Balaban J connectivity index is 0.00000272. The average Bonchev–Trinajstić information content (AvgIpc) is 3.22. The third-order valence-electron chi connectivity index (χ3n) is 5.53. The number of benzene rings is 1. The highest BCUT2D eigenvalue weighted by molar-refractivity contribution is 6.04. The van der Waals surface area contributed by atoms with Crippen LogP contribution >= 0.6 is 12.4 Å². The maximum absolute atomic E-state index is 12.6. The molecule has 0 saturated carbocycles. The molecule has 31 heavy (non-hydrogen) atoms. The standard InChI is InChI=1S/C23H29N5O2.ClH/c1-30-15-5-11-25-23(29)19-10-12-24-22-20(19)26-21(27-22)18-8-6-17(7-9-18)16-28-13-3-2-4-14-28;/h6-10,12H,2-5,11,13-16H2,1H3,(H,25,29)(H,24,26,27);1H. The number of pyridine rings is 1. The van der Waals surface area contributed by atoms with Crippen LogP contribution in [0.5, 0.6) is 0 Å². The van der Waals surface area contributed by atoms with E-state index in [1.807, 2.05) is 0 Å². The molecular formula is C23H30ClN5O2. The van der Waals surface area contributed by atoms with Gasteiger partial charge in [0.05, 0.1) is 11.1 Å². The molecule has 3 aromatic rings. The van der Waals surface area contributed by atoms with Gasteiger partial charge < -0.3 is 15.0 Å². The molecule has 0 radical (unpaired) electrons. The Bertz CT molecular complexity index is 983. The Labute approximate surface area is 189 Å². The lowest BCUT2D eigenvalue weighted by atomic mass is 10.1. The minimum absolute atomic E-state index is 0. The number of likely N-dealkylation sites (tertiary alicyclic amines) is 1. The minimum atomic E-state index is -0.134. The molecule has 1 amide bonds. The number of nitrogens with zero attached hydrogens (tertiary/aromatic N) is 3. The molecule has 0 aliphatic carbocycles. The van der Waals surface area contributed by atoms with Gasteiger partial charge in [0.1, 0.15) is 5.82 Å². The quantitative estimate of drug-likeness (QED) is 0.517. The molecule has 0 atom stereocenters. The van der Waals surface area contributed by atoms with Crippen LogP contribution in [-0.2, 0) is 11.3 Å². The van der Waals surface area contributed by atoms with Gasteiger partial charge in [0.15, 0.2) is 5.65 Å².